The average Bonchev–Trinajstić information content (AvgIpc) is 2.83. The maximum Gasteiger partial charge on any atom is 0.126 e. The fourth-order valence-corrected chi connectivity index (χ4v) is 2.41. The van der Waals surface area contributed by atoms with Gasteiger partial charge in [-0.15, -0.1) is 0 Å². The predicted molar refractivity (Wildman–Crippen MR) is 81.5 cm³/mol. The lowest BCUT2D eigenvalue weighted by Gasteiger charge is -2.13. The first-order chi connectivity index (χ1) is 10.2. The first-order valence-corrected chi connectivity index (χ1v) is 6.94. The van der Waals surface area contributed by atoms with Gasteiger partial charge >= 0.3 is 0 Å². The van der Waals surface area contributed by atoms with Crippen molar-refractivity contribution >= 4 is 16.7 Å². The predicted octanol–water partition coefficient (Wildman–Crippen LogP) is 1.71. The highest BCUT2D eigenvalue weighted by Gasteiger charge is 2.25. The lowest BCUT2D eigenvalue weighted by molar-refractivity contribution is 0.0509. The van der Waals surface area contributed by atoms with E-state index in [4.69, 9.17) is 4.74 Å². The lowest BCUT2D eigenvalue weighted by Crippen LogP contribution is -2.24. The highest BCUT2D eigenvalue weighted by atomic mass is 16.5. The number of nitrogens with one attached hydrogen (secondary N) is 1. The summed E-state index contributed by atoms with van der Waals surface area (Å²) in [6, 6.07) is 9.61. The summed E-state index contributed by atoms with van der Waals surface area (Å²) in [5, 5.41) is 23.3. The summed E-state index contributed by atoms with van der Waals surface area (Å²) in [5.41, 5.74) is 1.57. The molecule has 5 nitrogen and oxygen atoms in total. The Labute approximate surface area is 122 Å². The number of anilines is 1. The summed E-state index contributed by atoms with van der Waals surface area (Å²) in [6.07, 6.45) is 0.776. The number of hydrogen-bond acceptors (Lipinski definition) is 5. The van der Waals surface area contributed by atoms with Crippen LogP contribution in [0.5, 0.6) is 5.75 Å². The Morgan fingerprint density at radius 3 is 2.81 bits per heavy atom. The maximum absolute atomic E-state index is 9.76. The zero-order chi connectivity index (χ0) is 14.8. The van der Waals surface area contributed by atoms with Crippen LogP contribution in [0.2, 0.25) is 0 Å². The van der Waals surface area contributed by atoms with E-state index in [-0.39, 0.29) is 6.61 Å². The lowest BCUT2D eigenvalue weighted by atomic mass is 10.1. The van der Waals surface area contributed by atoms with Crippen molar-refractivity contribution in [3.8, 4) is 5.75 Å². The second-order valence-corrected chi connectivity index (χ2v) is 5.12. The molecule has 110 valence electrons. The minimum Gasteiger partial charge on any atom is -0.489 e. The van der Waals surface area contributed by atoms with Crippen molar-refractivity contribution in [3.05, 3.63) is 42.0 Å². The van der Waals surface area contributed by atoms with Gasteiger partial charge in [-0.3, -0.25) is 0 Å². The van der Waals surface area contributed by atoms with Gasteiger partial charge in [-0.2, -0.15) is 0 Å². The molecule has 0 spiro atoms. The molecule has 1 aromatic carbocycles. The number of aliphatic hydroxyl groups is 2. The molecule has 0 saturated carbocycles. The third-order valence-electron chi connectivity index (χ3n) is 3.69. The van der Waals surface area contributed by atoms with Crippen LogP contribution in [0.1, 0.15) is 6.42 Å². The van der Waals surface area contributed by atoms with Crippen LogP contribution in [0, 0.1) is 0 Å². The molecule has 1 heterocycles. The number of aromatic nitrogens is 1. The number of rotatable bonds is 4. The standard InChI is InChI=1S/C16H18N2O3/c1-17-15-7-4-10-2-5-12(8-13(10)18-15)21-9-11-3-6-14(19)16(11)20/h2-5,7-8,14,16,19-20H,6,9H2,1H3,(H,17,18). The minimum atomic E-state index is -0.820. The highest BCUT2D eigenvalue weighted by Crippen LogP contribution is 2.24. The average molecular weight is 286 g/mol. The highest BCUT2D eigenvalue weighted by molar-refractivity contribution is 5.81. The van der Waals surface area contributed by atoms with Gasteiger partial charge in [0.2, 0.25) is 0 Å². The first kappa shape index (κ1) is 13.9. The van der Waals surface area contributed by atoms with Gasteiger partial charge < -0.3 is 20.3 Å². The SMILES string of the molecule is CNc1ccc2ccc(OCC3=CCC(O)C3O)cc2n1. The second-order valence-electron chi connectivity index (χ2n) is 5.12. The summed E-state index contributed by atoms with van der Waals surface area (Å²) in [6.45, 7) is 0.273. The van der Waals surface area contributed by atoms with Gasteiger partial charge in [-0.25, -0.2) is 4.98 Å². The molecule has 5 heteroatoms. The molecule has 1 aromatic heterocycles. The van der Waals surface area contributed by atoms with Crippen molar-refractivity contribution in [1.82, 2.24) is 4.98 Å². The van der Waals surface area contributed by atoms with E-state index in [0.717, 1.165) is 22.3 Å². The van der Waals surface area contributed by atoms with E-state index in [1.165, 1.54) is 0 Å². The third-order valence-corrected chi connectivity index (χ3v) is 3.69. The van der Waals surface area contributed by atoms with E-state index in [1.807, 2.05) is 43.5 Å². The minimum absolute atomic E-state index is 0.273. The van der Waals surface area contributed by atoms with Crippen LogP contribution in [0.25, 0.3) is 10.9 Å². The smallest absolute Gasteiger partial charge is 0.126 e. The van der Waals surface area contributed by atoms with Gasteiger partial charge in [0.25, 0.3) is 0 Å². The number of pyridine rings is 1. The summed E-state index contributed by atoms with van der Waals surface area (Å²) in [7, 11) is 1.83. The van der Waals surface area contributed by atoms with Gasteiger partial charge in [-0.1, -0.05) is 6.08 Å². The normalized spacial score (nSPS) is 21.4. The molecule has 3 N–H and O–H groups in total. The van der Waals surface area contributed by atoms with Crippen molar-refractivity contribution < 1.29 is 14.9 Å². The van der Waals surface area contributed by atoms with Gasteiger partial charge in [0.05, 0.1) is 11.6 Å². The Bertz CT molecular complexity index is 684. The Morgan fingerprint density at radius 1 is 1.29 bits per heavy atom. The topological polar surface area (TPSA) is 74.6 Å². The molecule has 3 rings (SSSR count). The molecule has 1 aliphatic rings. The fraction of sp³-hybridized carbons (Fsp3) is 0.312. The van der Waals surface area contributed by atoms with Crippen LogP contribution < -0.4 is 10.1 Å². The molecule has 2 aromatic rings. The second kappa shape index (κ2) is 5.71. The number of benzene rings is 1. The summed E-state index contributed by atoms with van der Waals surface area (Å²) < 4.78 is 5.69. The molecule has 0 fully saturated rings. The van der Waals surface area contributed by atoms with Crippen molar-refractivity contribution in [1.29, 1.82) is 0 Å². The van der Waals surface area contributed by atoms with E-state index in [9.17, 15) is 10.2 Å². The molecule has 0 amide bonds. The molecule has 0 aliphatic heterocycles. The van der Waals surface area contributed by atoms with Gasteiger partial charge in [-0.05, 0) is 36.3 Å². The molecule has 2 atom stereocenters. The summed E-state index contributed by atoms with van der Waals surface area (Å²) in [4.78, 5) is 4.47. The number of fused-ring (bicyclic) bond motifs is 1. The third kappa shape index (κ3) is 2.84. The number of hydrogen-bond donors (Lipinski definition) is 3. The van der Waals surface area contributed by atoms with Crippen LogP contribution in [0.4, 0.5) is 5.82 Å². The van der Waals surface area contributed by atoms with E-state index >= 15 is 0 Å². The molecule has 2 unspecified atom stereocenters. The van der Waals surface area contributed by atoms with Gasteiger partial charge in [0.1, 0.15) is 24.3 Å². The first-order valence-electron chi connectivity index (χ1n) is 6.94. The molecule has 21 heavy (non-hydrogen) atoms. The molecule has 1 aliphatic carbocycles. The van der Waals surface area contributed by atoms with Gasteiger partial charge in [0.15, 0.2) is 0 Å². The largest absolute Gasteiger partial charge is 0.489 e. The number of ether oxygens (including phenoxy) is 1. The van der Waals surface area contributed by atoms with E-state index in [2.05, 4.69) is 10.3 Å². The van der Waals surface area contributed by atoms with E-state index < -0.39 is 12.2 Å². The van der Waals surface area contributed by atoms with Crippen molar-refractivity contribution in [2.45, 2.75) is 18.6 Å². The zero-order valence-corrected chi connectivity index (χ0v) is 11.8. The van der Waals surface area contributed by atoms with Gasteiger partial charge in [0, 0.05) is 18.5 Å². The van der Waals surface area contributed by atoms with Crippen LogP contribution in [0.15, 0.2) is 42.0 Å². The number of nitrogens with zero attached hydrogens (tertiary/aromatic N) is 1. The van der Waals surface area contributed by atoms with E-state index in [0.29, 0.717) is 12.2 Å². The molecular formula is C16H18N2O3. The maximum atomic E-state index is 9.76. The van der Waals surface area contributed by atoms with Crippen molar-refractivity contribution in [2.24, 2.45) is 0 Å². The summed E-state index contributed by atoms with van der Waals surface area (Å²) >= 11 is 0. The van der Waals surface area contributed by atoms with E-state index in [1.54, 1.807) is 0 Å². The van der Waals surface area contributed by atoms with Crippen LogP contribution in [-0.2, 0) is 0 Å². The number of aliphatic hydroxyl groups excluding tert-OH is 2. The van der Waals surface area contributed by atoms with Crippen molar-refractivity contribution in [2.75, 3.05) is 19.0 Å². The summed E-state index contributed by atoms with van der Waals surface area (Å²) in [5.74, 6) is 1.49. The fourth-order valence-electron chi connectivity index (χ4n) is 2.41. The quantitative estimate of drug-likeness (QED) is 0.746. The zero-order valence-electron chi connectivity index (χ0n) is 11.8. The van der Waals surface area contributed by atoms with Crippen LogP contribution in [-0.4, -0.2) is 41.1 Å². The van der Waals surface area contributed by atoms with Crippen molar-refractivity contribution in [3.63, 3.8) is 0 Å². The Morgan fingerprint density at radius 2 is 2.10 bits per heavy atom. The van der Waals surface area contributed by atoms with Crippen LogP contribution in [0.3, 0.4) is 0 Å². The molecular weight excluding hydrogens is 268 g/mol. The molecule has 0 radical (unpaired) electrons. The monoisotopic (exact) mass is 286 g/mol. The van der Waals surface area contributed by atoms with Crippen LogP contribution >= 0.6 is 0 Å². The Hall–Kier alpha value is -2.11. The molecule has 0 saturated heterocycles. The Balaban J connectivity index is 1.75. The molecule has 0 bridgehead atoms. The Kier molecular flexibility index (Phi) is 3.77.